The average Bonchev–Trinajstić information content (AvgIpc) is 2.37. The van der Waals surface area contributed by atoms with Gasteiger partial charge in [-0.3, -0.25) is 4.79 Å². The number of carbonyl (C=O) groups is 1. The van der Waals surface area contributed by atoms with Crippen molar-refractivity contribution in [1.82, 2.24) is 5.32 Å². The van der Waals surface area contributed by atoms with E-state index in [9.17, 15) is 14.0 Å². The van der Waals surface area contributed by atoms with Crippen LogP contribution in [0.5, 0.6) is 0 Å². The zero-order valence-corrected chi connectivity index (χ0v) is 10.7. The summed E-state index contributed by atoms with van der Waals surface area (Å²) < 4.78 is 18.0. The third kappa shape index (κ3) is 2.81. The summed E-state index contributed by atoms with van der Waals surface area (Å²) in [5.74, 6) is -0.971. The van der Waals surface area contributed by atoms with E-state index in [1.54, 1.807) is 0 Å². The van der Waals surface area contributed by atoms with Gasteiger partial charge in [0.25, 0.3) is 5.91 Å². The monoisotopic (exact) mass is 263 g/mol. The molecule has 0 radical (unpaired) electrons. The molecular weight excluding hydrogens is 249 g/mol. The van der Waals surface area contributed by atoms with Crippen molar-refractivity contribution in [2.24, 2.45) is 0 Å². The van der Waals surface area contributed by atoms with Gasteiger partial charge in [0, 0.05) is 17.5 Å². The van der Waals surface area contributed by atoms with Crippen molar-refractivity contribution in [2.45, 2.75) is 26.3 Å². The summed E-state index contributed by atoms with van der Waals surface area (Å²) in [5.41, 5.74) is -0.705. The summed E-state index contributed by atoms with van der Waals surface area (Å²) in [5, 5.41) is 3.20. The minimum Gasteiger partial charge on any atom is -0.422 e. The highest BCUT2D eigenvalue weighted by atomic mass is 19.1. The summed E-state index contributed by atoms with van der Waals surface area (Å²) in [6.07, 6.45) is 0.760. The van der Waals surface area contributed by atoms with E-state index in [4.69, 9.17) is 4.42 Å². The minimum atomic E-state index is -0.765. The fourth-order valence-electron chi connectivity index (χ4n) is 1.65. The van der Waals surface area contributed by atoms with Crippen LogP contribution in [0.2, 0.25) is 0 Å². The van der Waals surface area contributed by atoms with Crippen molar-refractivity contribution in [3.63, 3.8) is 0 Å². The van der Waals surface area contributed by atoms with Crippen LogP contribution in [0.1, 0.15) is 30.6 Å². The molecule has 1 amide bonds. The SMILES string of the molecule is CCC(C)NC(=O)c1cc2ccc(F)cc2oc1=O. The maximum Gasteiger partial charge on any atom is 0.349 e. The van der Waals surface area contributed by atoms with Crippen LogP contribution in [0.4, 0.5) is 4.39 Å². The molecule has 5 heteroatoms. The summed E-state index contributed by atoms with van der Waals surface area (Å²) in [6.45, 7) is 3.77. The molecule has 0 bridgehead atoms. The van der Waals surface area contributed by atoms with Crippen molar-refractivity contribution in [3.05, 3.63) is 46.1 Å². The standard InChI is InChI=1S/C14H14FNO3/c1-3-8(2)16-13(17)11-6-9-4-5-10(15)7-12(9)19-14(11)18/h4-8H,3H2,1-2H3,(H,16,17). The Labute approximate surface area is 109 Å². The van der Waals surface area contributed by atoms with E-state index in [-0.39, 0.29) is 17.2 Å². The molecule has 0 saturated carbocycles. The van der Waals surface area contributed by atoms with Crippen LogP contribution in [0.25, 0.3) is 11.0 Å². The van der Waals surface area contributed by atoms with Crippen LogP contribution >= 0.6 is 0 Å². The molecule has 4 nitrogen and oxygen atoms in total. The molecule has 0 aliphatic heterocycles. The van der Waals surface area contributed by atoms with Gasteiger partial charge in [-0.15, -0.1) is 0 Å². The maximum absolute atomic E-state index is 13.0. The first-order valence-corrected chi connectivity index (χ1v) is 6.05. The Balaban J connectivity index is 2.44. The van der Waals surface area contributed by atoms with E-state index in [1.165, 1.54) is 18.2 Å². The van der Waals surface area contributed by atoms with Gasteiger partial charge < -0.3 is 9.73 Å². The molecule has 1 aromatic heterocycles. The second-order valence-corrected chi connectivity index (χ2v) is 4.41. The van der Waals surface area contributed by atoms with E-state index < -0.39 is 17.3 Å². The predicted octanol–water partition coefficient (Wildman–Crippen LogP) is 2.46. The number of halogens is 1. The Kier molecular flexibility index (Phi) is 3.64. The molecule has 100 valence electrons. The zero-order valence-electron chi connectivity index (χ0n) is 10.7. The van der Waals surface area contributed by atoms with E-state index in [0.717, 1.165) is 12.5 Å². The smallest absolute Gasteiger partial charge is 0.349 e. The molecule has 1 heterocycles. The van der Waals surface area contributed by atoms with E-state index in [0.29, 0.717) is 5.39 Å². The molecule has 19 heavy (non-hydrogen) atoms. The molecule has 2 aromatic rings. The summed E-state index contributed by atoms with van der Waals surface area (Å²) in [6, 6.07) is 5.22. The average molecular weight is 263 g/mol. The lowest BCUT2D eigenvalue weighted by Crippen LogP contribution is -2.34. The summed E-state index contributed by atoms with van der Waals surface area (Å²) >= 11 is 0. The Morgan fingerprint density at radius 2 is 2.16 bits per heavy atom. The predicted molar refractivity (Wildman–Crippen MR) is 69.7 cm³/mol. The number of hydrogen-bond donors (Lipinski definition) is 1. The van der Waals surface area contributed by atoms with Crippen molar-refractivity contribution in [3.8, 4) is 0 Å². The highest BCUT2D eigenvalue weighted by molar-refractivity contribution is 5.96. The molecule has 1 unspecified atom stereocenters. The zero-order chi connectivity index (χ0) is 14.0. The Hall–Kier alpha value is -2.17. The number of amides is 1. The first-order chi connectivity index (χ1) is 9.01. The lowest BCUT2D eigenvalue weighted by molar-refractivity contribution is 0.0935. The second kappa shape index (κ2) is 5.22. The first-order valence-electron chi connectivity index (χ1n) is 6.05. The quantitative estimate of drug-likeness (QED) is 0.865. The van der Waals surface area contributed by atoms with Gasteiger partial charge in [0.2, 0.25) is 0 Å². The van der Waals surface area contributed by atoms with E-state index >= 15 is 0 Å². The third-order valence-corrected chi connectivity index (χ3v) is 2.93. The molecular formula is C14H14FNO3. The molecule has 2 rings (SSSR count). The van der Waals surface area contributed by atoms with Crippen LogP contribution in [0, 0.1) is 5.82 Å². The van der Waals surface area contributed by atoms with Crippen molar-refractivity contribution in [2.75, 3.05) is 0 Å². The van der Waals surface area contributed by atoms with Gasteiger partial charge in [-0.1, -0.05) is 6.92 Å². The topological polar surface area (TPSA) is 59.3 Å². The fraction of sp³-hybridized carbons (Fsp3) is 0.286. The maximum atomic E-state index is 13.0. The highest BCUT2D eigenvalue weighted by Gasteiger charge is 2.15. The molecule has 0 saturated heterocycles. The normalized spacial score (nSPS) is 12.4. The number of hydrogen-bond acceptors (Lipinski definition) is 3. The number of nitrogens with one attached hydrogen (secondary N) is 1. The van der Waals surface area contributed by atoms with Gasteiger partial charge >= 0.3 is 5.63 Å². The van der Waals surface area contributed by atoms with Crippen LogP contribution in [-0.2, 0) is 0 Å². The fourth-order valence-corrected chi connectivity index (χ4v) is 1.65. The van der Waals surface area contributed by atoms with Gasteiger partial charge in [0.05, 0.1) is 0 Å². The molecule has 1 atom stereocenters. The van der Waals surface area contributed by atoms with Crippen molar-refractivity contribution < 1.29 is 13.6 Å². The Bertz CT molecular complexity index is 678. The summed E-state index contributed by atoms with van der Waals surface area (Å²) in [7, 11) is 0. The minimum absolute atomic E-state index is 0.0317. The van der Waals surface area contributed by atoms with Crippen LogP contribution in [0.3, 0.4) is 0 Å². The number of fused-ring (bicyclic) bond motifs is 1. The Morgan fingerprint density at radius 1 is 1.42 bits per heavy atom. The van der Waals surface area contributed by atoms with Crippen LogP contribution in [0.15, 0.2) is 33.5 Å². The van der Waals surface area contributed by atoms with Crippen molar-refractivity contribution in [1.29, 1.82) is 0 Å². The van der Waals surface area contributed by atoms with Gasteiger partial charge in [-0.2, -0.15) is 0 Å². The largest absolute Gasteiger partial charge is 0.422 e. The molecule has 0 aliphatic carbocycles. The molecule has 0 aliphatic rings. The lowest BCUT2D eigenvalue weighted by atomic mass is 10.1. The first kappa shape index (κ1) is 13.3. The number of rotatable bonds is 3. The summed E-state index contributed by atoms with van der Waals surface area (Å²) in [4.78, 5) is 23.6. The molecule has 0 fully saturated rings. The molecule has 1 aromatic carbocycles. The molecule has 0 spiro atoms. The number of carbonyl (C=O) groups excluding carboxylic acids is 1. The van der Waals surface area contributed by atoms with E-state index in [2.05, 4.69) is 5.32 Å². The highest BCUT2D eigenvalue weighted by Crippen LogP contribution is 2.14. The van der Waals surface area contributed by atoms with Crippen LogP contribution in [-0.4, -0.2) is 11.9 Å². The molecule has 1 N–H and O–H groups in total. The number of benzene rings is 1. The van der Waals surface area contributed by atoms with Crippen molar-refractivity contribution >= 4 is 16.9 Å². The van der Waals surface area contributed by atoms with Crippen LogP contribution < -0.4 is 10.9 Å². The Morgan fingerprint density at radius 3 is 2.84 bits per heavy atom. The third-order valence-electron chi connectivity index (χ3n) is 2.93. The second-order valence-electron chi connectivity index (χ2n) is 4.41. The van der Waals surface area contributed by atoms with Gasteiger partial charge in [0.15, 0.2) is 0 Å². The lowest BCUT2D eigenvalue weighted by Gasteiger charge is -2.10. The van der Waals surface area contributed by atoms with Gasteiger partial charge in [-0.25, -0.2) is 9.18 Å². The van der Waals surface area contributed by atoms with Gasteiger partial charge in [0.1, 0.15) is 17.0 Å². The van der Waals surface area contributed by atoms with Gasteiger partial charge in [-0.05, 0) is 31.5 Å². The van der Waals surface area contributed by atoms with E-state index in [1.807, 2.05) is 13.8 Å².